The Morgan fingerprint density at radius 2 is 1.77 bits per heavy atom. The molecule has 1 fully saturated rings. The van der Waals surface area contributed by atoms with Crippen molar-refractivity contribution in [1.29, 1.82) is 0 Å². The molecule has 114 valence electrons. The summed E-state index contributed by atoms with van der Waals surface area (Å²) in [5.41, 5.74) is 4.45. The van der Waals surface area contributed by atoms with Crippen LogP contribution in [0, 0.1) is 13.8 Å². The highest BCUT2D eigenvalue weighted by atomic mass is 16.2. The topological polar surface area (TPSA) is 20.3 Å². The van der Waals surface area contributed by atoms with Crippen LogP contribution in [-0.2, 0) is 6.42 Å². The third-order valence-corrected chi connectivity index (χ3v) is 4.42. The SMILES string of the molecule is Cc1cc(C)cc(C(=O)N2CCCC2Cc2ccccc2)c1. The largest absolute Gasteiger partial charge is 0.335 e. The predicted octanol–water partition coefficient (Wildman–Crippen LogP) is 4.15. The standard InChI is InChI=1S/C20H23NO/c1-15-11-16(2)13-18(12-15)20(22)21-10-6-9-19(21)14-17-7-4-3-5-8-17/h3-5,7-8,11-13,19H,6,9-10,14H2,1-2H3. The number of nitrogens with zero attached hydrogens (tertiary/aromatic N) is 1. The lowest BCUT2D eigenvalue weighted by Gasteiger charge is -2.25. The van der Waals surface area contributed by atoms with Crippen molar-refractivity contribution in [2.24, 2.45) is 0 Å². The molecule has 1 saturated heterocycles. The molecule has 2 heteroatoms. The summed E-state index contributed by atoms with van der Waals surface area (Å²) in [6.07, 6.45) is 3.16. The molecular formula is C20H23NO. The second kappa shape index (κ2) is 6.35. The van der Waals surface area contributed by atoms with Gasteiger partial charge in [-0.2, -0.15) is 0 Å². The van der Waals surface area contributed by atoms with Crippen molar-refractivity contribution < 1.29 is 4.79 Å². The molecule has 0 radical (unpaired) electrons. The minimum absolute atomic E-state index is 0.185. The zero-order chi connectivity index (χ0) is 15.5. The third-order valence-electron chi connectivity index (χ3n) is 4.42. The second-order valence-corrected chi connectivity index (χ2v) is 6.36. The number of rotatable bonds is 3. The van der Waals surface area contributed by atoms with Crippen LogP contribution in [0.25, 0.3) is 0 Å². The molecule has 1 amide bonds. The maximum Gasteiger partial charge on any atom is 0.254 e. The fourth-order valence-corrected chi connectivity index (χ4v) is 3.47. The summed E-state index contributed by atoms with van der Waals surface area (Å²) in [6, 6.07) is 16.9. The quantitative estimate of drug-likeness (QED) is 0.832. The molecule has 1 aliphatic heterocycles. The highest BCUT2D eigenvalue weighted by Crippen LogP contribution is 2.24. The van der Waals surface area contributed by atoms with Gasteiger partial charge in [0.1, 0.15) is 0 Å². The Morgan fingerprint density at radius 1 is 1.09 bits per heavy atom. The number of carbonyl (C=O) groups is 1. The number of hydrogen-bond donors (Lipinski definition) is 0. The molecule has 3 rings (SSSR count). The van der Waals surface area contributed by atoms with E-state index in [1.165, 1.54) is 5.56 Å². The highest BCUT2D eigenvalue weighted by molar-refractivity contribution is 5.95. The highest BCUT2D eigenvalue weighted by Gasteiger charge is 2.29. The van der Waals surface area contributed by atoms with Gasteiger partial charge in [0.25, 0.3) is 5.91 Å². The fourth-order valence-electron chi connectivity index (χ4n) is 3.47. The molecule has 0 aliphatic carbocycles. The Labute approximate surface area is 132 Å². The van der Waals surface area contributed by atoms with Crippen LogP contribution in [0.4, 0.5) is 0 Å². The molecule has 1 heterocycles. The molecule has 2 aromatic rings. The van der Waals surface area contributed by atoms with Gasteiger partial charge >= 0.3 is 0 Å². The fraction of sp³-hybridized carbons (Fsp3) is 0.350. The van der Waals surface area contributed by atoms with E-state index in [4.69, 9.17) is 0 Å². The summed E-state index contributed by atoms with van der Waals surface area (Å²) in [6.45, 7) is 4.98. The Bertz CT molecular complexity index is 642. The first-order valence-corrected chi connectivity index (χ1v) is 8.06. The summed E-state index contributed by atoms with van der Waals surface area (Å²) in [4.78, 5) is 14.9. The molecule has 2 aromatic carbocycles. The van der Waals surface area contributed by atoms with Crippen LogP contribution >= 0.6 is 0 Å². The lowest BCUT2D eigenvalue weighted by Crippen LogP contribution is -2.36. The molecule has 0 saturated carbocycles. The van der Waals surface area contributed by atoms with Crippen molar-refractivity contribution in [1.82, 2.24) is 4.90 Å². The van der Waals surface area contributed by atoms with Crippen molar-refractivity contribution in [2.75, 3.05) is 6.54 Å². The lowest BCUT2D eigenvalue weighted by atomic mass is 10.0. The van der Waals surface area contributed by atoms with E-state index in [9.17, 15) is 4.79 Å². The van der Waals surface area contributed by atoms with E-state index in [0.29, 0.717) is 6.04 Å². The van der Waals surface area contributed by atoms with E-state index < -0.39 is 0 Å². The van der Waals surface area contributed by atoms with E-state index in [0.717, 1.165) is 42.5 Å². The van der Waals surface area contributed by atoms with E-state index in [1.54, 1.807) is 0 Å². The zero-order valence-electron chi connectivity index (χ0n) is 13.4. The van der Waals surface area contributed by atoms with Gasteiger partial charge in [-0.1, -0.05) is 47.5 Å². The zero-order valence-corrected chi connectivity index (χ0v) is 13.4. The monoisotopic (exact) mass is 293 g/mol. The molecule has 1 aliphatic rings. The summed E-state index contributed by atoms with van der Waals surface area (Å²) >= 11 is 0. The van der Waals surface area contributed by atoms with Gasteiger partial charge in [0.2, 0.25) is 0 Å². The molecular weight excluding hydrogens is 270 g/mol. The first kappa shape index (κ1) is 14.8. The molecule has 0 N–H and O–H groups in total. The lowest BCUT2D eigenvalue weighted by molar-refractivity contribution is 0.0736. The minimum Gasteiger partial charge on any atom is -0.335 e. The summed E-state index contributed by atoms with van der Waals surface area (Å²) in [7, 11) is 0. The normalized spacial score (nSPS) is 17.7. The van der Waals surface area contributed by atoms with Crippen LogP contribution < -0.4 is 0 Å². The van der Waals surface area contributed by atoms with Gasteiger partial charge in [-0.05, 0) is 50.8 Å². The average molecular weight is 293 g/mol. The van der Waals surface area contributed by atoms with Gasteiger partial charge in [-0.3, -0.25) is 4.79 Å². The minimum atomic E-state index is 0.185. The number of carbonyl (C=O) groups excluding carboxylic acids is 1. The van der Waals surface area contributed by atoms with Crippen LogP contribution in [0.1, 0.15) is 39.9 Å². The number of amides is 1. The first-order chi connectivity index (χ1) is 10.6. The maximum absolute atomic E-state index is 12.9. The van der Waals surface area contributed by atoms with Gasteiger partial charge in [0.05, 0.1) is 0 Å². The summed E-state index contributed by atoms with van der Waals surface area (Å²) in [5.74, 6) is 0.185. The van der Waals surface area contributed by atoms with Crippen molar-refractivity contribution in [3.8, 4) is 0 Å². The maximum atomic E-state index is 12.9. The summed E-state index contributed by atoms with van der Waals surface area (Å²) < 4.78 is 0. The third kappa shape index (κ3) is 3.22. The average Bonchev–Trinajstić information content (AvgIpc) is 2.94. The van der Waals surface area contributed by atoms with Gasteiger partial charge in [-0.25, -0.2) is 0 Å². The Hall–Kier alpha value is -2.09. The van der Waals surface area contributed by atoms with Crippen molar-refractivity contribution >= 4 is 5.91 Å². The molecule has 2 nitrogen and oxygen atoms in total. The smallest absolute Gasteiger partial charge is 0.254 e. The number of benzene rings is 2. The van der Waals surface area contributed by atoms with Gasteiger partial charge in [0.15, 0.2) is 0 Å². The number of hydrogen-bond acceptors (Lipinski definition) is 1. The number of likely N-dealkylation sites (tertiary alicyclic amines) is 1. The molecule has 22 heavy (non-hydrogen) atoms. The van der Waals surface area contributed by atoms with Crippen LogP contribution in [0.5, 0.6) is 0 Å². The van der Waals surface area contributed by atoms with E-state index >= 15 is 0 Å². The van der Waals surface area contributed by atoms with Crippen LogP contribution in [0.15, 0.2) is 48.5 Å². The van der Waals surface area contributed by atoms with E-state index in [1.807, 2.05) is 18.2 Å². The van der Waals surface area contributed by atoms with Gasteiger partial charge < -0.3 is 4.90 Å². The summed E-state index contributed by atoms with van der Waals surface area (Å²) in [5, 5.41) is 0. The second-order valence-electron chi connectivity index (χ2n) is 6.36. The van der Waals surface area contributed by atoms with Crippen LogP contribution in [0.3, 0.4) is 0 Å². The molecule has 0 bridgehead atoms. The van der Waals surface area contributed by atoms with Gasteiger partial charge in [0, 0.05) is 18.2 Å². The van der Waals surface area contributed by atoms with E-state index in [2.05, 4.69) is 49.1 Å². The molecule has 0 spiro atoms. The Balaban J connectivity index is 1.79. The van der Waals surface area contributed by atoms with Crippen molar-refractivity contribution in [2.45, 2.75) is 39.2 Å². The van der Waals surface area contributed by atoms with Gasteiger partial charge in [-0.15, -0.1) is 0 Å². The molecule has 1 unspecified atom stereocenters. The first-order valence-electron chi connectivity index (χ1n) is 8.06. The van der Waals surface area contributed by atoms with E-state index in [-0.39, 0.29) is 5.91 Å². The molecule has 0 aromatic heterocycles. The molecule has 1 atom stereocenters. The number of aryl methyl sites for hydroxylation is 2. The predicted molar refractivity (Wildman–Crippen MR) is 90.1 cm³/mol. The Kier molecular flexibility index (Phi) is 4.28. The Morgan fingerprint density at radius 3 is 2.45 bits per heavy atom. The van der Waals surface area contributed by atoms with Crippen molar-refractivity contribution in [3.05, 3.63) is 70.8 Å². The van der Waals surface area contributed by atoms with Crippen LogP contribution in [-0.4, -0.2) is 23.4 Å². The van der Waals surface area contributed by atoms with Crippen molar-refractivity contribution in [3.63, 3.8) is 0 Å². The van der Waals surface area contributed by atoms with Crippen LogP contribution in [0.2, 0.25) is 0 Å².